The average molecular weight is 355 g/mol. The molecule has 2 aliphatic rings. The molecule has 1 N–H and O–H groups in total. The van der Waals surface area contributed by atoms with Gasteiger partial charge in [0.05, 0.1) is 16.1 Å². The molecule has 0 atom stereocenters. The molecule has 1 saturated carbocycles. The van der Waals surface area contributed by atoms with Crippen LogP contribution in [0.5, 0.6) is 0 Å². The van der Waals surface area contributed by atoms with E-state index in [2.05, 4.69) is 22.3 Å². The summed E-state index contributed by atoms with van der Waals surface area (Å²) in [6.45, 7) is 2.10. The van der Waals surface area contributed by atoms with Crippen molar-refractivity contribution in [3.05, 3.63) is 64.7 Å². The van der Waals surface area contributed by atoms with Crippen molar-refractivity contribution in [3.63, 3.8) is 0 Å². The molecule has 2 aromatic rings. The van der Waals surface area contributed by atoms with Gasteiger partial charge in [0.15, 0.2) is 0 Å². The number of carbonyl (C=O) groups excluding carboxylic acids is 1. The van der Waals surface area contributed by atoms with Crippen LogP contribution in [-0.4, -0.2) is 19.0 Å². The fraction of sp³-hybridized carbons (Fsp3) is 0.381. The number of hydrogen-bond acceptors (Lipinski definition) is 2. The molecule has 3 nitrogen and oxygen atoms in total. The lowest BCUT2D eigenvalue weighted by atomic mass is 10.0. The number of amides is 1. The summed E-state index contributed by atoms with van der Waals surface area (Å²) in [5, 5.41) is 3.74. The van der Waals surface area contributed by atoms with E-state index in [1.165, 1.54) is 24.8 Å². The molecule has 1 saturated heterocycles. The standard InChI is InChI=1S/C21H23ClN2O/c22-19-10-9-17(24-13-5-2-6-14-24)15-18(19)20(25)23-21(11-12-21)16-7-3-1-4-8-16/h1,3-4,7-10,15H,2,5-6,11-14H2,(H,23,25). The van der Waals surface area contributed by atoms with E-state index in [1.807, 2.05) is 36.4 Å². The van der Waals surface area contributed by atoms with E-state index in [0.717, 1.165) is 31.6 Å². The first kappa shape index (κ1) is 16.5. The molecule has 1 heterocycles. The van der Waals surface area contributed by atoms with Crippen molar-refractivity contribution in [1.29, 1.82) is 0 Å². The molecule has 0 radical (unpaired) electrons. The maximum absolute atomic E-state index is 12.9. The predicted molar refractivity (Wildman–Crippen MR) is 102 cm³/mol. The van der Waals surface area contributed by atoms with Crippen LogP contribution in [-0.2, 0) is 5.54 Å². The fourth-order valence-corrected chi connectivity index (χ4v) is 3.89. The Balaban J connectivity index is 1.56. The van der Waals surface area contributed by atoms with E-state index in [-0.39, 0.29) is 11.4 Å². The molecule has 1 amide bonds. The van der Waals surface area contributed by atoms with Crippen LogP contribution >= 0.6 is 11.6 Å². The third-order valence-corrected chi connectivity index (χ3v) is 5.67. The average Bonchev–Trinajstić information content (AvgIpc) is 3.44. The number of anilines is 1. The summed E-state index contributed by atoms with van der Waals surface area (Å²) in [6, 6.07) is 16.0. The molecule has 25 heavy (non-hydrogen) atoms. The van der Waals surface area contributed by atoms with E-state index in [9.17, 15) is 4.79 Å². The highest BCUT2D eigenvalue weighted by Crippen LogP contribution is 2.45. The molecule has 0 unspecified atom stereocenters. The predicted octanol–water partition coefficient (Wildman–Crippen LogP) is 4.75. The molecule has 1 aliphatic carbocycles. The third kappa shape index (κ3) is 3.38. The van der Waals surface area contributed by atoms with Crippen molar-refractivity contribution in [2.75, 3.05) is 18.0 Å². The summed E-state index contributed by atoms with van der Waals surface area (Å²) in [7, 11) is 0. The minimum Gasteiger partial charge on any atom is -0.372 e. The Labute approximate surface area is 154 Å². The van der Waals surface area contributed by atoms with E-state index in [4.69, 9.17) is 11.6 Å². The van der Waals surface area contributed by atoms with Crippen LogP contribution in [0.15, 0.2) is 48.5 Å². The van der Waals surface area contributed by atoms with Gasteiger partial charge in [0.25, 0.3) is 5.91 Å². The zero-order valence-electron chi connectivity index (χ0n) is 14.3. The van der Waals surface area contributed by atoms with Gasteiger partial charge in [-0.3, -0.25) is 4.79 Å². The normalized spacial score (nSPS) is 18.7. The minimum atomic E-state index is -0.219. The van der Waals surface area contributed by atoms with Crippen molar-refractivity contribution in [2.24, 2.45) is 0 Å². The molecule has 130 valence electrons. The summed E-state index contributed by atoms with van der Waals surface area (Å²) in [4.78, 5) is 15.3. The second kappa shape index (κ2) is 6.72. The van der Waals surface area contributed by atoms with Crippen LogP contribution in [0.3, 0.4) is 0 Å². The Hall–Kier alpha value is -2.00. The molecule has 4 heteroatoms. The number of hydrogen-bond donors (Lipinski definition) is 1. The van der Waals surface area contributed by atoms with Gasteiger partial charge in [-0.05, 0) is 55.9 Å². The van der Waals surface area contributed by atoms with E-state index >= 15 is 0 Å². The second-order valence-electron chi connectivity index (χ2n) is 7.11. The molecular weight excluding hydrogens is 332 g/mol. The summed E-state index contributed by atoms with van der Waals surface area (Å²) >= 11 is 6.35. The maximum atomic E-state index is 12.9. The van der Waals surface area contributed by atoms with Crippen molar-refractivity contribution >= 4 is 23.2 Å². The number of nitrogens with zero attached hydrogens (tertiary/aromatic N) is 1. The van der Waals surface area contributed by atoms with Gasteiger partial charge in [0, 0.05) is 18.8 Å². The molecule has 2 fully saturated rings. The van der Waals surface area contributed by atoms with Crippen LogP contribution in [0.1, 0.15) is 48.0 Å². The molecule has 1 aliphatic heterocycles. The van der Waals surface area contributed by atoms with Crippen molar-refractivity contribution in [3.8, 4) is 0 Å². The van der Waals surface area contributed by atoms with Crippen LogP contribution in [0, 0.1) is 0 Å². The Kier molecular flexibility index (Phi) is 4.43. The minimum absolute atomic E-state index is 0.0785. The Morgan fingerprint density at radius 3 is 2.40 bits per heavy atom. The summed E-state index contributed by atoms with van der Waals surface area (Å²) in [5.74, 6) is -0.0785. The number of rotatable bonds is 4. The SMILES string of the molecule is O=C(NC1(c2ccccc2)CC1)c1cc(N2CCCCC2)ccc1Cl. The number of piperidine rings is 1. The van der Waals surface area contributed by atoms with Crippen molar-refractivity contribution in [2.45, 2.75) is 37.6 Å². The lowest BCUT2D eigenvalue weighted by Crippen LogP contribution is -2.35. The van der Waals surface area contributed by atoms with Gasteiger partial charge in [0.2, 0.25) is 0 Å². The summed E-state index contributed by atoms with van der Waals surface area (Å²) in [6.07, 6.45) is 5.66. The Morgan fingerprint density at radius 1 is 1.00 bits per heavy atom. The Morgan fingerprint density at radius 2 is 1.72 bits per heavy atom. The third-order valence-electron chi connectivity index (χ3n) is 5.34. The first-order chi connectivity index (χ1) is 12.2. The summed E-state index contributed by atoms with van der Waals surface area (Å²) < 4.78 is 0. The zero-order valence-corrected chi connectivity index (χ0v) is 15.1. The van der Waals surface area contributed by atoms with Crippen LogP contribution in [0.25, 0.3) is 0 Å². The highest BCUT2D eigenvalue weighted by atomic mass is 35.5. The van der Waals surface area contributed by atoms with Gasteiger partial charge in [0.1, 0.15) is 0 Å². The lowest BCUT2D eigenvalue weighted by Gasteiger charge is -2.29. The fourth-order valence-electron chi connectivity index (χ4n) is 3.69. The highest BCUT2D eigenvalue weighted by Gasteiger charge is 2.45. The lowest BCUT2D eigenvalue weighted by molar-refractivity contribution is 0.0931. The van der Waals surface area contributed by atoms with Crippen LogP contribution in [0.2, 0.25) is 5.02 Å². The number of halogens is 1. The second-order valence-corrected chi connectivity index (χ2v) is 7.52. The number of nitrogens with one attached hydrogen (secondary N) is 1. The van der Waals surface area contributed by atoms with E-state index in [1.54, 1.807) is 0 Å². The van der Waals surface area contributed by atoms with Crippen LogP contribution < -0.4 is 10.2 Å². The van der Waals surface area contributed by atoms with Gasteiger partial charge in [-0.25, -0.2) is 0 Å². The van der Waals surface area contributed by atoms with Gasteiger partial charge in [-0.1, -0.05) is 41.9 Å². The van der Waals surface area contributed by atoms with Crippen molar-refractivity contribution in [1.82, 2.24) is 5.32 Å². The van der Waals surface area contributed by atoms with E-state index in [0.29, 0.717) is 10.6 Å². The molecular formula is C21H23ClN2O. The summed E-state index contributed by atoms with van der Waals surface area (Å²) in [5.41, 5.74) is 2.63. The molecule has 4 rings (SSSR count). The van der Waals surface area contributed by atoms with Crippen molar-refractivity contribution < 1.29 is 4.79 Å². The Bertz CT molecular complexity index is 765. The monoisotopic (exact) mass is 354 g/mol. The van der Waals surface area contributed by atoms with Gasteiger partial charge in [-0.15, -0.1) is 0 Å². The van der Waals surface area contributed by atoms with Gasteiger partial charge < -0.3 is 10.2 Å². The van der Waals surface area contributed by atoms with Crippen LogP contribution in [0.4, 0.5) is 5.69 Å². The highest BCUT2D eigenvalue weighted by molar-refractivity contribution is 6.34. The number of carbonyl (C=O) groups is 1. The van der Waals surface area contributed by atoms with Gasteiger partial charge in [-0.2, -0.15) is 0 Å². The molecule has 2 aromatic carbocycles. The maximum Gasteiger partial charge on any atom is 0.253 e. The number of benzene rings is 2. The van der Waals surface area contributed by atoms with E-state index < -0.39 is 0 Å². The first-order valence-corrected chi connectivity index (χ1v) is 9.48. The molecule has 0 bridgehead atoms. The largest absolute Gasteiger partial charge is 0.372 e. The quantitative estimate of drug-likeness (QED) is 0.859. The first-order valence-electron chi connectivity index (χ1n) is 9.10. The molecule has 0 aromatic heterocycles. The smallest absolute Gasteiger partial charge is 0.253 e. The molecule has 0 spiro atoms. The zero-order chi connectivity index (χ0) is 17.3. The topological polar surface area (TPSA) is 32.3 Å². The van der Waals surface area contributed by atoms with Gasteiger partial charge >= 0.3 is 0 Å².